The third kappa shape index (κ3) is 3.23. The summed E-state index contributed by atoms with van der Waals surface area (Å²) >= 11 is 1.30. The van der Waals surface area contributed by atoms with E-state index in [1.165, 1.54) is 11.8 Å². The minimum absolute atomic E-state index is 0.382. The number of nitrogens with zero attached hydrogens (tertiary/aromatic N) is 2. The Morgan fingerprint density at radius 2 is 1.79 bits per heavy atom. The molecule has 0 saturated heterocycles. The number of benzene rings is 1. The van der Waals surface area contributed by atoms with Crippen LogP contribution in [-0.2, 0) is 0 Å². The zero-order valence-corrected chi connectivity index (χ0v) is 11.5. The predicted molar refractivity (Wildman–Crippen MR) is 75.0 cm³/mol. The molecule has 0 bridgehead atoms. The van der Waals surface area contributed by atoms with Gasteiger partial charge in [0, 0.05) is 22.0 Å². The first-order valence-electron chi connectivity index (χ1n) is 5.65. The lowest BCUT2D eigenvalue weighted by Gasteiger charge is -2.07. The topological polar surface area (TPSA) is 94.9 Å². The van der Waals surface area contributed by atoms with Gasteiger partial charge in [-0.05, 0) is 49.9 Å². The zero-order chi connectivity index (χ0) is 14.0. The van der Waals surface area contributed by atoms with Gasteiger partial charge in [0.05, 0.1) is 5.56 Å². The van der Waals surface area contributed by atoms with E-state index in [9.17, 15) is 4.79 Å². The lowest BCUT2D eigenvalue weighted by atomic mass is 10.2. The van der Waals surface area contributed by atoms with E-state index in [1.807, 2.05) is 19.9 Å². The van der Waals surface area contributed by atoms with E-state index >= 15 is 0 Å². The van der Waals surface area contributed by atoms with Crippen LogP contribution in [0.3, 0.4) is 0 Å². The van der Waals surface area contributed by atoms with Crippen LogP contribution in [0.15, 0.2) is 34.3 Å². The van der Waals surface area contributed by atoms with Crippen LogP contribution in [0.5, 0.6) is 0 Å². The molecule has 2 aromatic rings. The number of carbonyl (C=O) groups excluding carboxylic acids is 1. The summed E-state index contributed by atoms with van der Waals surface area (Å²) in [5, 5.41) is 0.588. The van der Waals surface area contributed by atoms with E-state index in [0.717, 1.165) is 11.4 Å². The molecule has 0 fully saturated rings. The molecule has 0 atom stereocenters. The maximum atomic E-state index is 11.4. The number of aryl methyl sites for hydroxylation is 2. The Labute approximate surface area is 115 Å². The molecule has 19 heavy (non-hydrogen) atoms. The van der Waals surface area contributed by atoms with Crippen molar-refractivity contribution in [1.82, 2.24) is 9.97 Å². The van der Waals surface area contributed by atoms with Crippen molar-refractivity contribution in [2.45, 2.75) is 23.9 Å². The van der Waals surface area contributed by atoms with E-state index < -0.39 is 5.91 Å². The number of primary amides is 1. The number of carbonyl (C=O) groups is 1. The Kier molecular flexibility index (Phi) is 3.71. The number of hydrogen-bond donors (Lipinski definition) is 2. The number of nitrogens with two attached hydrogens (primary N) is 2. The highest BCUT2D eigenvalue weighted by Gasteiger charge is 2.12. The minimum Gasteiger partial charge on any atom is -0.399 e. The summed E-state index contributed by atoms with van der Waals surface area (Å²) in [5.74, 6) is -0.515. The number of hydrogen-bond acceptors (Lipinski definition) is 5. The number of aromatic nitrogens is 2. The van der Waals surface area contributed by atoms with Gasteiger partial charge < -0.3 is 11.5 Å². The highest BCUT2D eigenvalue weighted by Crippen LogP contribution is 2.29. The van der Waals surface area contributed by atoms with Crippen LogP contribution in [0.4, 0.5) is 5.69 Å². The molecule has 1 amide bonds. The highest BCUT2D eigenvalue weighted by atomic mass is 32.2. The first-order valence-corrected chi connectivity index (χ1v) is 6.47. The van der Waals surface area contributed by atoms with E-state index in [1.54, 1.807) is 18.2 Å². The maximum absolute atomic E-state index is 11.4. The first-order chi connectivity index (χ1) is 8.95. The molecular formula is C13H14N4OS. The lowest BCUT2D eigenvalue weighted by molar-refractivity contribution is 0.0997. The normalized spacial score (nSPS) is 10.4. The zero-order valence-electron chi connectivity index (χ0n) is 10.7. The second-order valence-electron chi connectivity index (χ2n) is 4.16. The van der Waals surface area contributed by atoms with Gasteiger partial charge in [-0.15, -0.1) is 0 Å². The second kappa shape index (κ2) is 5.27. The van der Waals surface area contributed by atoms with Gasteiger partial charge >= 0.3 is 0 Å². The van der Waals surface area contributed by atoms with Gasteiger partial charge in [-0.1, -0.05) is 0 Å². The van der Waals surface area contributed by atoms with Crippen molar-refractivity contribution < 1.29 is 4.79 Å². The standard InChI is InChI=1S/C13H14N4OS/c1-7-5-8(2)17-13(16-7)19-11-4-3-9(14)6-10(11)12(15)18/h3-6H,14H2,1-2H3,(H2,15,18). The maximum Gasteiger partial charge on any atom is 0.249 e. The van der Waals surface area contributed by atoms with Crippen LogP contribution < -0.4 is 11.5 Å². The summed E-state index contributed by atoms with van der Waals surface area (Å²) in [4.78, 5) is 20.8. The van der Waals surface area contributed by atoms with E-state index in [-0.39, 0.29) is 0 Å². The van der Waals surface area contributed by atoms with Crippen LogP contribution in [0, 0.1) is 13.8 Å². The lowest BCUT2D eigenvalue weighted by Crippen LogP contribution is -2.12. The van der Waals surface area contributed by atoms with Gasteiger partial charge in [-0.2, -0.15) is 0 Å². The van der Waals surface area contributed by atoms with Crippen LogP contribution in [-0.4, -0.2) is 15.9 Å². The smallest absolute Gasteiger partial charge is 0.249 e. The van der Waals surface area contributed by atoms with Crippen LogP contribution >= 0.6 is 11.8 Å². The molecule has 0 aliphatic rings. The summed E-state index contributed by atoms with van der Waals surface area (Å²) in [5.41, 5.74) is 13.6. The average Bonchev–Trinajstić information content (AvgIpc) is 2.30. The van der Waals surface area contributed by atoms with Crippen molar-refractivity contribution in [1.29, 1.82) is 0 Å². The SMILES string of the molecule is Cc1cc(C)nc(Sc2ccc(N)cc2C(N)=O)n1. The molecule has 0 aliphatic carbocycles. The fourth-order valence-electron chi connectivity index (χ4n) is 1.67. The molecule has 0 radical (unpaired) electrons. The van der Waals surface area contributed by atoms with E-state index in [4.69, 9.17) is 11.5 Å². The molecule has 6 heteroatoms. The molecule has 0 unspecified atom stereocenters. The Hall–Kier alpha value is -2.08. The molecule has 0 spiro atoms. The fourth-order valence-corrected chi connectivity index (χ4v) is 2.65. The van der Waals surface area contributed by atoms with Crippen LogP contribution in [0.2, 0.25) is 0 Å². The highest BCUT2D eigenvalue weighted by molar-refractivity contribution is 7.99. The summed E-state index contributed by atoms with van der Waals surface area (Å²) in [6, 6.07) is 6.92. The van der Waals surface area contributed by atoms with Crippen molar-refractivity contribution in [3.63, 3.8) is 0 Å². The molecule has 4 N–H and O–H groups in total. The average molecular weight is 274 g/mol. The van der Waals surface area contributed by atoms with E-state index in [0.29, 0.717) is 21.3 Å². The van der Waals surface area contributed by atoms with Crippen LogP contribution in [0.25, 0.3) is 0 Å². The van der Waals surface area contributed by atoms with Gasteiger partial charge in [-0.25, -0.2) is 9.97 Å². The van der Waals surface area contributed by atoms with Crippen molar-refractivity contribution in [2.24, 2.45) is 5.73 Å². The molecule has 0 saturated carbocycles. The Morgan fingerprint density at radius 3 is 2.37 bits per heavy atom. The van der Waals surface area contributed by atoms with Crippen molar-refractivity contribution in [3.05, 3.63) is 41.2 Å². The molecule has 98 valence electrons. The number of rotatable bonds is 3. The molecule has 1 aromatic carbocycles. The summed E-state index contributed by atoms with van der Waals surface area (Å²) in [6.07, 6.45) is 0. The Balaban J connectivity index is 2.40. The quantitative estimate of drug-likeness (QED) is 0.658. The number of anilines is 1. The van der Waals surface area contributed by atoms with E-state index in [2.05, 4.69) is 9.97 Å². The minimum atomic E-state index is -0.515. The largest absolute Gasteiger partial charge is 0.399 e. The fraction of sp³-hybridized carbons (Fsp3) is 0.154. The van der Waals surface area contributed by atoms with Gasteiger partial charge in [0.1, 0.15) is 0 Å². The van der Waals surface area contributed by atoms with Crippen molar-refractivity contribution in [2.75, 3.05) is 5.73 Å². The third-order valence-corrected chi connectivity index (χ3v) is 3.37. The summed E-state index contributed by atoms with van der Waals surface area (Å²) < 4.78 is 0. The Bertz CT molecular complexity index is 622. The third-order valence-electron chi connectivity index (χ3n) is 2.43. The van der Waals surface area contributed by atoms with Gasteiger partial charge in [0.25, 0.3) is 0 Å². The molecule has 2 rings (SSSR count). The number of amides is 1. The molecule has 1 heterocycles. The van der Waals surface area contributed by atoms with Gasteiger partial charge in [0.15, 0.2) is 5.16 Å². The first kappa shape index (κ1) is 13.4. The summed E-state index contributed by atoms with van der Waals surface area (Å²) in [6.45, 7) is 3.80. The van der Waals surface area contributed by atoms with Gasteiger partial charge in [-0.3, -0.25) is 4.79 Å². The van der Waals surface area contributed by atoms with Gasteiger partial charge in [0.2, 0.25) is 5.91 Å². The van der Waals surface area contributed by atoms with Crippen molar-refractivity contribution in [3.8, 4) is 0 Å². The molecule has 5 nitrogen and oxygen atoms in total. The molecule has 0 aliphatic heterocycles. The van der Waals surface area contributed by atoms with Crippen LogP contribution in [0.1, 0.15) is 21.7 Å². The predicted octanol–water partition coefficient (Wildman–Crippen LogP) is 1.93. The van der Waals surface area contributed by atoms with Crippen molar-refractivity contribution >= 4 is 23.4 Å². The number of nitrogen functional groups attached to an aromatic ring is 1. The molecular weight excluding hydrogens is 260 g/mol. The second-order valence-corrected chi connectivity index (χ2v) is 5.16. The molecule has 1 aromatic heterocycles. The Morgan fingerprint density at radius 1 is 1.16 bits per heavy atom. The summed E-state index contributed by atoms with van der Waals surface area (Å²) in [7, 11) is 0. The monoisotopic (exact) mass is 274 g/mol.